The summed E-state index contributed by atoms with van der Waals surface area (Å²) >= 11 is 0. The summed E-state index contributed by atoms with van der Waals surface area (Å²) < 4.78 is 1.84. The quantitative estimate of drug-likeness (QED) is 0.783. The van der Waals surface area contributed by atoms with Crippen molar-refractivity contribution >= 4 is 11.9 Å². The fourth-order valence-corrected chi connectivity index (χ4v) is 3.11. The maximum absolute atomic E-state index is 12.1. The number of likely N-dealkylation sites (N-methyl/N-ethyl adjacent to an activating group) is 1. The Bertz CT molecular complexity index is 950. The molecule has 0 radical (unpaired) electrons. The number of carbonyl (C=O) groups excluding carboxylic acids is 1. The molecule has 3 aromatic rings. The Balaban J connectivity index is 1.58. The van der Waals surface area contributed by atoms with Crippen LogP contribution in [0.4, 0.5) is 5.95 Å². The van der Waals surface area contributed by atoms with Gasteiger partial charge in [0.1, 0.15) is 6.04 Å². The van der Waals surface area contributed by atoms with Gasteiger partial charge in [-0.2, -0.15) is 5.10 Å². The number of hydrogen-bond acceptors (Lipinski definition) is 5. The summed E-state index contributed by atoms with van der Waals surface area (Å²) in [5.41, 5.74) is 3.84. The highest BCUT2D eigenvalue weighted by Crippen LogP contribution is 2.21. The predicted molar refractivity (Wildman–Crippen MR) is 99.0 cm³/mol. The van der Waals surface area contributed by atoms with E-state index in [4.69, 9.17) is 0 Å². The lowest BCUT2D eigenvalue weighted by molar-refractivity contribution is -0.127. The minimum Gasteiger partial charge on any atom is -0.344 e. The Hall–Kier alpha value is -3.22. The topological polar surface area (TPSA) is 75.9 Å². The third-order valence-electron chi connectivity index (χ3n) is 4.63. The van der Waals surface area contributed by atoms with Crippen LogP contribution in [0.3, 0.4) is 0 Å². The minimum absolute atomic E-state index is 0.0753. The Kier molecular flexibility index (Phi) is 4.12. The van der Waals surface area contributed by atoms with Crippen LogP contribution in [-0.4, -0.2) is 50.2 Å². The van der Waals surface area contributed by atoms with Crippen molar-refractivity contribution in [3.8, 4) is 16.9 Å². The summed E-state index contributed by atoms with van der Waals surface area (Å²) in [5.74, 6) is 0.533. The van der Waals surface area contributed by atoms with Crippen LogP contribution in [0.15, 0.2) is 48.9 Å². The Morgan fingerprint density at radius 3 is 2.85 bits per heavy atom. The molecule has 2 aromatic heterocycles. The summed E-state index contributed by atoms with van der Waals surface area (Å²) in [5, 5.41) is 7.59. The lowest BCUT2D eigenvalue weighted by Gasteiger charge is -2.12. The van der Waals surface area contributed by atoms with Gasteiger partial charge < -0.3 is 10.2 Å². The van der Waals surface area contributed by atoms with E-state index in [-0.39, 0.29) is 11.9 Å². The van der Waals surface area contributed by atoms with Crippen molar-refractivity contribution in [1.29, 1.82) is 0 Å². The van der Waals surface area contributed by atoms with Crippen LogP contribution >= 0.6 is 0 Å². The maximum atomic E-state index is 12.1. The van der Waals surface area contributed by atoms with Gasteiger partial charge in [-0.1, -0.05) is 18.2 Å². The fraction of sp³-hybridized carbons (Fsp3) is 0.263. The summed E-state index contributed by atoms with van der Waals surface area (Å²) in [7, 11) is 1.81. The maximum Gasteiger partial charge on any atom is 0.244 e. The fourth-order valence-electron chi connectivity index (χ4n) is 3.11. The highest BCUT2D eigenvalue weighted by Gasteiger charge is 2.29. The average Bonchev–Trinajstić information content (AvgIpc) is 3.25. The first kappa shape index (κ1) is 16.3. The van der Waals surface area contributed by atoms with Crippen LogP contribution in [0.5, 0.6) is 0 Å². The van der Waals surface area contributed by atoms with Gasteiger partial charge in [0.05, 0.1) is 17.6 Å². The van der Waals surface area contributed by atoms with Crippen LogP contribution in [0.25, 0.3) is 16.9 Å². The van der Waals surface area contributed by atoms with Crippen molar-refractivity contribution < 1.29 is 4.79 Å². The van der Waals surface area contributed by atoms with E-state index in [1.807, 2.05) is 35.1 Å². The Morgan fingerprint density at radius 1 is 1.23 bits per heavy atom. The van der Waals surface area contributed by atoms with E-state index in [1.54, 1.807) is 24.3 Å². The molecule has 1 amide bonds. The van der Waals surface area contributed by atoms with Crippen molar-refractivity contribution in [3.05, 3.63) is 54.5 Å². The van der Waals surface area contributed by atoms with Gasteiger partial charge in [-0.25, -0.2) is 14.6 Å². The first-order chi connectivity index (χ1) is 12.6. The highest BCUT2D eigenvalue weighted by atomic mass is 16.2. The Labute approximate surface area is 151 Å². The van der Waals surface area contributed by atoms with Gasteiger partial charge in [-0.05, 0) is 31.0 Å². The number of hydrogen-bond donors (Lipinski definition) is 1. The molecule has 0 aliphatic carbocycles. The van der Waals surface area contributed by atoms with Gasteiger partial charge in [-0.3, -0.25) is 4.79 Å². The molecule has 0 saturated carbocycles. The van der Waals surface area contributed by atoms with E-state index in [1.165, 1.54) is 0 Å². The number of nitrogens with one attached hydrogen (secondary N) is 1. The van der Waals surface area contributed by atoms with Crippen molar-refractivity contribution in [2.75, 3.05) is 18.9 Å². The molecular weight excluding hydrogens is 328 g/mol. The standard InChI is InChI=1S/C19H20N6O/c1-13-5-3-4-6-17(13)25-12-14(11-21-25)15-7-9-20-19(22-15)23-16-8-10-24(2)18(16)26/h3-7,9,11-12,16H,8,10H2,1-2H3,(H,20,22,23). The van der Waals surface area contributed by atoms with E-state index < -0.39 is 0 Å². The van der Waals surface area contributed by atoms with E-state index in [0.29, 0.717) is 5.95 Å². The van der Waals surface area contributed by atoms with Gasteiger partial charge in [-0.15, -0.1) is 0 Å². The predicted octanol–water partition coefficient (Wildman–Crippen LogP) is 2.28. The van der Waals surface area contributed by atoms with Gasteiger partial charge in [0.2, 0.25) is 11.9 Å². The van der Waals surface area contributed by atoms with Crippen LogP contribution in [0, 0.1) is 6.92 Å². The molecule has 0 bridgehead atoms. The van der Waals surface area contributed by atoms with E-state index in [2.05, 4.69) is 33.4 Å². The van der Waals surface area contributed by atoms with E-state index >= 15 is 0 Å². The largest absolute Gasteiger partial charge is 0.344 e. The molecule has 1 fully saturated rings. The van der Waals surface area contributed by atoms with Gasteiger partial charge >= 0.3 is 0 Å². The zero-order chi connectivity index (χ0) is 18.1. The number of benzene rings is 1. The number of nitrogens with zero attached hydrogens (tertiary/aromatic N) is 5. The molecule has 1 aliphatic rings. The molecule has 1 aliphatic heterocycles. The molecule has 132 valence electrons. The second-order valence-corrected chi connectivity index (χ2v) is 6.47. The molecular formula is C19H20N6O. The molecule has 3 heterocycles. The molecule has 4 rings (SSSR count). The van der Waals surface area contributed by atoms with Crippen LogP contribution in [-0.2, 0) is 4.79 Å². The average molecular weight is 348 g/mol. The summed E-state index contributed by atoms with van der Waals surface area (Å²) in [6.07, 6.45) is 6.18. The van der Waals surface area contributed by atoms with Crippen LogP contribution in [0.2, 0.25) is 0 Å². The van der Waals surface area contributed by atoms with Gasteiger partial charge in [0, 0.05) is 31.5 Å². The van der Waals surface area contributed by atoms with Crippen LogP contribution < -0.4 is 5.32 Å². The van der Waals surface area contributed by atoms with Crippen LogP contribution in [0.1, 0.15) is 12.0 Å². The highest BCUT2D eigenvalue weighted by molar-refractivity contribution is 5.86. The van der Waals surface area contributed by atoms with Crippen molar-refractivity contribution in [2.24, 2.45) is 0 Å². The van der Waals surface area contributed by atoms with E-state index in [9.17, 15) is 4.79 Å². The smallest absolute Gasteiger partial charge is 0.244 e. The van der Waals surface area contributed by atoms with Crippen molar-refractivity contribution in [2.45, 2.75) is 19.4 Å². The lowest BCUT2D eigenvalue weighted by Crippen LogP contribution is -2.31. The first-order valence-electron chi connectivity index (χ1n) is 8.57. The summed E-state index contributed by atoms with van der Waals surface area (Å²) in [6.45, 7) is 2.80. The second-order valence-electron chi connectivity index (χ2n) is 6.47. The minimum atomic E-state index is -0.259. The zero-order valence-electron chi connectivity index (χ0n) is 14.8. The monoisotopic (exact) mass is 348 g/mol. The zero-order valence-corrected chi connectivity index (χ0v) is 14.8. The number of aryl methyl sites for hydroxylation is 1. The molecule has 7 nitrogen and oxygen atoms in total. The van der Waals surface area contributed by atoms with Crippen molar-refractivity contribution in [1.82, 2.24) is 24.6 Å². The Morgan fingerprint density at radius 2 is 2.08 bits per heavy atom. The number of rotatable bonds is 4. The molecule has 1 saturated heterocycles. The number of carbonyl (C=O) groups is 1. The number of para-hydroxylation sites is 1. The molecule has 1 N–H and O–H groups in total. The molecule has 0 spiro atoms. The normalized spacial score (nSPS) is 16.9. The number of likely N-dealkylation sites (tertiary alicyclic amines) is 1. The number of anilines is 1. The number of amides is 1. The molecule has 1 unspecified atom stereocenters. The van der Waals surface area contributed by atoms with Gasteiger partial charge in [0.15, 0.2) is 0 Å². The molecule has 7 heteroatoms. The molecule has 1 aromatic carbocycles. The van der Waals surface area contributed by atoms with Gasteiger partial charge in [0.25, 0.3) is 0 Å². The molecule has 1 atom stereocenters. The number of aromatic nitrogens is 4. The SMILES string of the molecule is Cc1ccccc1-n1cc(-c2ccnc(NC3CCN(C)C3=O)n2)cn1. The lowest BCUT2D eigenvalue weighted by atomic mass is 10.2. The first-order valence-corrected chi connectivity index (χ1v) is 8.57. The summed E-state index contributed by atoms with van der Waals surface area (Å²) in [6, 6.07) is 9.66. The molecule has 26 heavy (non-hydrogen) atoms. The second kappa shape index (κ2) is 6.59. The summed E-state index contributed by atoms with van der Waals surface area (Å²) in [4.78, 5) is 22.6. The third kappa shape index (κ3) is 3.03. The van der Waals surface area contributed by atoms with Crippen molar-refractivity contribution in [3.63, 3.8) is 0 Å². The third-order valence-corrected chi connectivity index (χ3v) is 4.63. The van der Waals surface area contributed by atoms with E-state index in [0.717, 1.165) is 35.5 Å².